The fourth-order valence-corrected chi connectivity index (χ4v) is 4.15. The molecule has 0 aliphatic heterocycles. The third-order valence-corrected chi connectivity index (χ3v) is 6.19. The number of unbranched alkanes of at least 4 members (excludes halogenated alkanes) is 1. The minimum atomic E-state index is -0.652. The van der Waals surface area contributed by atoms with Gasteiger partial charge in [0.05, 0.1) is 0 Å². The van der Waals surface area contributed by atoms with E-state index in [-0.39, 0.29) is 24.3 Å². The largest absolute Gasteiger partial charge is 0.483 e. The number of carbonyl (C=O) groups is 2. The zero-order valence-corrected chi connectivity index (χ0v) is 21.7. The Labute approximate surface area is 215 Å². The van der Waals surface area contributed by atoms with Crippen molar-refractivity contribution in [3.63, 3.8) is 0 Å². The lowest BCUT2D eigenvalue weighted by Crippen LogP contribution is -2.51. The van der Waals surface area contributed by atoms with Crippen LogP contribution < -0.4 is 10.1 Å². The molecule has 3 rings (SSSR count). The highest BCUT2D eigenvalue weighted by molar-refractivity contribution is 5.88. The predicted molar refractivity (Wildman–Crippen MR) is 145 cm³/mol. The first-order chi connectivity index (χ1) is 17.5. The third kappa shape index (κ3) is 7.98. The number of hydrogen-bond donors (Lipinski definition) is 1. The van der Waals surface area contributed by atoms with Gasteiger partial charge < -0.3 is 15.0 Å². The second-order valence-corrected chi connectivity index (χ2v) is 9.34. The van der Waals surface area contributed by atoms with Crippen molar-refractivity contribution < 1.29 is 14.3 Å². The molecule has 0 saturated heterocycles. The van der Waals surface area contributed by atoms with Gasteiger partial charge >= 0.3 is 0 Å². The number of amides is 2. The molecule has 0 fully saturated rings. The Bertz CT molecular complexity index is 1080. The van der Waals surface area contributed by atoms with Gasteiger partial charge in [0, 0.05) is 19.5 Å². The minimum Gasteiger partial charge on any atom is -0.483 e. The number of nitrogens with one attached hydrogen (secondary N) is 1. The van der Waals surface area contributed by atoms with Crippen LogP contribution in [0, 0.1) is 0 Å². The van der Waals surface area contributed by atoms with E-state index < -0.39 is 6.04 Å². The van der Waals surface area contributed by atoms with Crippen LogP contribution in [-0.4, -0.2) is 35.9 Å². The summed E-state index contributed by atoms with van der Waals surface area (Å²) >= 11 is 0. The first-order valence-corrected chi connectivity index (χ1v) is 12.9. The molecule has 3 aromatic carbocycles. The fraction of sp³-hybridized carbons (Fsp3) is 0.355. The monoisotopic (exact) mass is 486 g/mol. The van der Waals surface area contributed by atoms with E-state index in [0.29, 0.717) is 25.3 Å². The fourth-order valence-electron chi connectivity index (χ4n) is 4.15. The molecule has 0 radical (unpaired) electrons. The van der Waals surface area contributed by atoms with Gasteiger partial charge in [-0.15, -0.1) is 0 Å². The standard InChI is InChI=1S/C31H38N2O3/c1-4-5-20-32-31(35)28(21-25-14-8-6-9-15-25)33(22-26-16-10-7-11-17-26)30(34)23-36-29-19-13-12-18-27(29)24(2)3/h6-19,24,28H,4-5,20-23H2,1-3H3,(H,32,35)/t28-/m0/s1. The highest BCUT2D eigenvalue weighted by Crippen LogP contribution is 2.26. The first-order valence-electron chi connectivity index (χ1n) is 12.9. The Morgan fingerprint density at radius 1 is 0.861 bits per heavy atom. The maximum atomic E-state index is 13.7. The summed E-state index contributed by atoms with van der Waals surface area (Å²) in [6.45, 7) is 7.07. The molecule has 0 aromatic heterocycles. The van der Waals surface area contributed by atoms with E-state index in [1.165, 1.54) is 0 Å². The Balaban J connectivity index is 1.88. The van der Waals surface area contributed by atoms with Gasteiger partial charge in [0.25, 0.3) is 5.91 Å². The quantitative estimate of drug-likeness (QED) is 0.313. The summed E-state index contributed by atoms with van der Waals surface area (Å²) in [4.78, 5) is 28.8. The van der Waals surface area contributed by atoms with Crippen LogP contribution >= 0.6 is 0 Å². The van der Waals surface area contributed by atoms with Crippen molar-refractivity contribution in [1.29, 1.82) is 0 Å². The third-order valence-electron chi connectivity index (χ3n) is 6.19. The van der Waals surface area contributed by atoms with Gasteiger partial charge in [-0.3, -0.25) is 9.59 Å². The molecular weight excluding hydrogens is 448 g/mol. The van der Waals surface area contributed by atoms with E-state index in [1.807, 2.05) is 84.9 Å². The van der Waals surface area contributed by atoms with Crippen molar-refractivity contribution in [1.82, 2.24) is 10.2 Å². The van der Waals surface area contributed by atoms with Gasteiger partial charge in [0.1, 0.15) is 11.8 Å². The van der Waals surface area contributed by atoms with E-state index in [4.69, 9.17) is 4.74 Å². The van der Waals surface area contributed by atoms with Gasteiger partial charge in [-0.25, -0.2) is 0 Å². The molecule has 0 aliphatic carbocycles. The summed E-state index contributed by atoms with van der Waals surface area (Å²) in [7, 11) is 0. The molecule has 0 aliphatic rings. The van der Waals surface area contributed by atoms with Gasteiger partial charge in [0.15, 0.2) is 6.61 Å². The maximum absolute atomic E-state index is 13.7. The van der Waals surface area contributed by atoms with Crippen molar-refractivity contribution in [2.45, 2.75) is 58.5 Å². The molecule has 0 spiro atoms. The highest BCUT2D eigenvalue weighted by atomic mass is 16.5. The number of rotatable bonds is 13. The molecule has 5 nitrogen and oxygen atoms in total. The maximum Gasteiger partial charge on any atom is 0.261 e. The summed E-state index contributed by atoms with van der Waals surface area (Å²) < 4.78 is 6.03. The number of carbonyl (C=O) groups excluding carboxylic acids is 2. The summed E-state index contributed by atoms with van der Waals surface area (Å²) in [6.07, 6.45) is 2.31. The Morgan fingerprint density at radius 3 is 2.11 bits per heavy atom. The SMILES string of the molecule is CCCCNC(=O)[C@H](Cc1ccccc1)N(Cc1ccccc1)C(=O)COc1ccccc1C(C)C. The van der Waals surface area contributed by atoms with Crippen LogP contribution in [0.1, 0.15) is 56.2 Å². The normalized spacial score (nSPS) is 11.7. The Kier molecular flexibility index (Phi) is 10.6. The zero-order valence-electron chi connectivity index (χ0n) is 21.7. The molecule has 5 heteroatoms. The van der Waals surface area contributed by atoms with Crippen molar-refractivity contribution in [2.75, 3.05) is 13.2 Å². The van der Waals surface area contributed by atoms with Crippen LogP contribution in [0.4, 0.5) is 0 Å². The van der Waals surface area contributed by atoms with Crippen LogP contribution in [-0.2, 0) is 22.6 Å². The molecule has 0 saturated carbocycles. The average Bonchev–Trinajstić information content (AvgIpc) is 2.90. The van der Waals surface area contributed by atoms with E-state index in [2.05, 4.69) is 26.1 Å². The van der Waals surface area contributed by atoms with Crippen LogP contribution in [0.25, 0.3) is 0 Å². The number of benzene rings is 3. The number of hydrogen-bond acceptors (Lipinski definition) is 3. The molecule has 0 heterocycles. The lowest BCUT2D eigenvalue weighted by Gasteiger charge is -2.31. The molecule has 190 valence electrons. The predicted octanol–water partition coefficient (Wildman–Crippen LogP) is 5.75. The molecule has 1 atom stereocenters. The van der Waals surface area contributed by atoms with Crippen molar-refractivity contribution in [2.24, 2.45) is 0 Å². The molecule has 36 heavy (non-hydrogen) atoms. The summed E-state index contributed by atoms with van der Waals surface area (Å²) in [5.41, 5.74) is 3.02. The van der Waals surface area contributed by atoms with E-state index >= 15 is 0 Å². The minimum absolute atomic E-state index is 0.135. The Morgan fingerprint density at radius 2 is 1.47 bits per heavy atom. The van der Waals surface area contributed by atoms with Crippen LogP contribution in [0.15, 0.2) is 84.9 Å². The number of para-hydroxylation sites is 1. The van der Waals surface area contributed by atoms with E-state index in [1.54, 1.807) is 4.90 Å². The lowest BCUT2D eigenvalue weighted by molar-refractivity contribution is -0.142. The van der Waals surface area contributed by atoms with Gasteiger partial charge in [-0.1, -0.05) is 106 Å². The summed E-state index contributed by atoms with van der Waals surface area (Å²) in [5, 5.41) is 3.05. The van der Waals surface area contributed by atoms with Gasteiger partial charge in [-0.05, 0) is 35.1 Å². The zero-order chi connectivity index (χ0) is 25.8. The summed E-state index contributed by atoms with van der Waals surface area (Å²) in [6, 6.07) is 26.8. The van der Waals surface area contributed by atoms with Crippen LogP contribution in [0.2, 0.25) is 0 Å². The van der Waals surface area contributed by atoms with Crippen molar-refractivity contribution in [3.8, 4) is 5.75 Å². The molecule has 1 N–H and O–H groups in total. The smallest absolute Gasteiger partial charge is 0.261 e. The highest BCUT2D eigenvalue weighted by Gasteiger charge is 2.30. The average molecular weight is 487 g/mol. The lowest BCUT2D eigenvalue weighted by atomic mass is 10.0. The van der Waals surface area contributed by atoms with Crippen LogP contribution in [0.3, 0.4) is 0 Å². The molecule has 2 amide bonds. The van der Waals surface area contributed by atoms with Crippen LogP contribution in [0.5, 0.6) is 5.75 Å². The second-order valence-electron chi connectivity index (χ2n) is 9.34. The molecule has 3 aromatic rings. The topological polar surface area (TPSA) is 58.6 Å². The summed E-state index contributed by atoms with van der Waals surface area (Å²) in [5.74, 6) is 0.613. The van der Waals surface area contributed by atoms with Gasteiger partial charge in [-0.2, -0.15) is 0 Å². The second kappa shape index (κ2) is 14.1. The first kappa shape index (κ1) is 27.0. The van der Waals surface area contributed by atoms with Gasteiger partial charge in [0.2, 0.25) is 5.91 Å². The van der Waals surface area contributed by atoms with Crippen molar-refractivity contribution >= 4 is 11.8 Å². The van der Waals surface area contributed by atoms with E-state index in [9.17, 15) is 9.59 Å². The molecule has 0 unspecified atom stereocenters. The number of ether oxygens (including phenoxy) is 1. The Hall–Kier alpha value is -3.60. The number of nitrogens with zero attached hydrogens (tertiary/aromatic N) is 1. The molecular formula is C31H38N2O3. The van der Waals surface area contributed by atoms with E-state index in [0.717, 1.165) is 29.5 Å². The molecule has 0 bridgehead atoms. The van der Waals surface area contributed by atoms with Crippen molar-refractivity contribution in [3.05, 3.63) is 102 Å².